The van der Waals surface area contributed by atoms with Crippen molar-refractivity contribution in [1.29, 1.82) is 5.26 Å². The average Bonchev–Trinajstić information content (AvgIpc) is 2.87. The molecule has 1 aliphatic heterocycles. The van der Waals surface area contributed by atoms with Gasteiger partial charge in [-0.15, -0.1) is 4.90 Å². The summed E-state index contributed by atoms with van der Waals surface area (Å²) < 4.78 is 20.1. The van der Waals surface area contributed by atoms with Gasteiger partial charge in [-0.2, -0.15) is 10.4 Å². The van der Waals surface area contributed by atoms with E-state index >= 15 is 0 Å². The van der Waals surface area contributed by atoms with Gasteiger partial charge in [0.1, 0.15) is 17.8 Å². The molecule has 3 aromatic rings. The van der Waals surface area contributed by atoms with Gasteiger partial charge in [0, 0.05) is 12.1 Å². The molecule has 1 heterocycles. The Kier molecular flexibility index (Phi) is 7.76. The molecule has 0 atom stereocenters. The summed E-state index contributed by atoms with van der Waals surface area (Å²) in [4.78, 5) is 36.7. The second-order valence-corrected chi connectivity index (χ2v) is 8.59. The van der Waals surface area contributed by atoms with Gasteiger partial charge in [-0.05, 0) is 54.4 Å². The quantitative estimate of drug-likeness (QED) is 0.177. The third-order valence-corrected chi connectivity index (χ3v) is 5.96. The number of rotatable bonds is 6. The average molecular weight is 556 g/mol. The summed E-state index contributed by atoms with van der Waals surface area (Å²) >= 11 is 12.6. The van der Waals surface area contributed by atoms with Gasteiger partial charge < -0.3 is 14.7 Å². The molecule has 2 N–H and O–H groups in total. The molecule has 0 spiro atoms. The fourth-order valence-electron chi connectivity index (χ4n) is 3.67. The van der Waals surface area contributed by atoms with Crippen molar-refractivity contribution in [3.63, 3.8) is 0 Å². The van der Waals surface area contributed by atoms with Crippen LogP contribution in [0.3, 0.4) is 0 Å². The van der Waals surface area contributed by atoms with Gasteiger partial charge in [0.05, 0.1) is 21.4 Å². The molecule has 13 heteroatoms. The predicted molar refractivity (Wildman–Crippen MR) is 137 cm³/mol. The Balaban J connectivity index is 1.48. The summed E-state index contributed by atoms with van der Waals surface area (Å²) in [5.74, 6) is -1.49. The van der Waals surface area contributed by atoms with Crippen molar-refractivity contribution in [2.45, 2.75) is 6.42 Å². The van der Waals surface area contributed by atoms with Crippen LogP contribution in [-0.2, 0) is 11.2 Å². The van der Waals surface area contributed by atoms with E-state index in [0.29, 0.717) is 30.5 Å². The van der Waals surface area contributed by atoms with E-state index in [1.54, 1.807) is 36.4 Å². The van der Waals surface area contributed by atoms with Crippen LogP contribution in [0.2, 0.25) is 10.0 Å². The number of carbonyl (C=O) groups is 3. The Labute approximate surface area is 225 Å². The van der Waals surface area contributed by atoms with Gasteiger partial charge >= 0.3 is 6.09 Å². The number of ether oxygens (including phenoxy) is 1. The highest BCUT2D eigenvalue weighted by Crippen LogP contribution is 2.39. The van der Waals surface area contributed by atoms with Gasteiger partial charge in [0.25, 0.3) is 11.8 Å². The largest absolute Gasteiger partial charge is 0.464 e. The monoisotopic (exact) mass is 555 g/mol. The molecule has 10 nitrogen and oxygen atoms in total. The van der Waals surface area contributed by atoms with Crippen LogP contribution in [-0.4, -0.2) is 40.7 Å². The van der Waals surface area contributed by atoms with Gasteiger partial charge in [-0.25, -0.2) is 9.18 Å². The van der Waals surface area contributed by atoms with Crippen LogP contribution in [0, 0.1) is 17.3 Å². The summed E-state index contributed by atoms with van der Waals surface area (Å²) in [6.07, 6.45) is 0.531. The maximum atomic E-state index is 14.2. The number of amides is 3. The van der Waals surface area contributed by atoms with Crippen molar-refractivity contribution in [2.24, 2.45) is 5.10 Å². The van der Waals surface area contributed by atoms with Crippen LogP contribution in [0.15, 0.2) is 59.7 Å². The fourth-order valence-corrected chi connectivity index (χ4v) is 4.24. The zero-order valence-electron chi connectivity index (χ0n) is 19.2. The molecule has 38 heavy (non-hydrogen) atoms. The molecule has 0 aromatic heterocycles. The van der Waals surface area contributed by atoms with E-state index in [4.69, 9.17) is 38.3 Å². The minimum atomic E-state index is -1.74. The summed E-state index contributed by atoms with van der Waals surface area (Å²) in [7, 11) is 0. The smallest absolute Gasteiger partial charge is 0.428 e. The Morgan fingerprint density at radius 2 is 1.89 bits per heavy atom. The van der Waals surface area contributed by atoms with E-state index in [9.17, 15) is 18.8 Å². The van der Waals surface area contributed by atoms with E-state index in [0.717, 1.165) is 5.56 Å². The van der Waals surface area contributed by atoms with Gasteiger partial charge in [-0.1, -0.05) is 35.3 Å². The maximum absolute atomic E-state index is 14.2. The van der Waals surface area contributed by atoms with E-state index in [-0.39, 0.29) is 38.0 Å². The molecule has 3 amide bonds. The number of para-hydroxylation sites is 1. The lowest BCUT2D eigenvalue weighted by atomic mass is 9.98. The maximum Gasteiger partial charge on any atom is 0.428 e. The molecular weight excluding hydrogens is 540 g/mol. The lowest BCUT2D eigenvalue weighted by Crippen LogP contribution is -2.38. The van der Waals surface area contributed by atoms with Crippen LogP contribution in [0.5, 0.6) is 11.5 Å². The van der Waals surface area contributed by atoms with Crippen LogP contribution < -0.4 is 15.1 Å². The summed E-state index contributed by atoms with van der Waals surface area (Å²) in [6.45, 7) is 0.291. The number of benzene rings is 3. The van der Waals surface area contributed by atoms with Crippen molar-refractivity contribution in [3.05, 3.63) is 81.6 Å². The molecule has 0 aliphatic carbocycles. The Hall–Kier alpha value is -4.66. The third-order valence-electron chi connectivity index (χ3n) is 5.40. The lowest BCUT2D eigenvalue weighted by molar-refractivity contribution is -0.119. The molecule has 0 bridgehead atoms. The Morgan fingerprint density at radius 3 is 2.55 bits per heavy atom. The van der Waals surface area contributed by atoms with Gasteiger partial charge in [0.2, 0.25) is 0 Å². The number of imide groups is 1. The molecule has 0 radical (unpaired) electrons. The second kappa shape index (κ2) is 11.2. The SMILES string of the molecule is N#CN(C(=O)O)C(=O)C=NNc1cc(Cl)c(Oc2ccc3c(c2)CCN(c2ccccc2F)C3=O)c(Cl)c1. The van der Waals surface area contributed by atoms with Crippen LogP contribution >= 0.6 is 23.2 Å². The predicted octanol–water partition coefficient (Wildman–Crippen LogP) is 5.51. The molecule has 0 saturated carbocycles. The summed E-state index contributed by atoms with van der Waals surface area (Å²) in [5.41, 5.74) is 4.07. The summed E-state index contributed by atoms with van der Waals surface area (Å²) in [5, 5.41) is 21.2. The number of anilines is 2. The zero-order chi connectivity index (χ0) is 27.4. The number of hydrogen-bond acceptors (Lipinski definition) is 7. The molecule has 0 saturated heterocycles. The molecule has 3 aromatic carbocycles. The van der Waals surface area contributed by atoms with Crippen molar-refractivity contribution in [3.8, 4) is 17.7 Å². The zero-order valence-corrected chi connectivity index (χ0v) is 20.7. The first-order valence-electron chi connectivity index (χ1n) is 10.8. The number of halogens is 3. The van der Waals surface area contributed by atoms with Crippen molar-refractivity contribution >= 4 is 58.7 Å². The van der Waals surface area contributed by atoms with E-state index in [1.807, 2.05) is 0 Å². The van der Waals surface area contributed by atoms with Gasteiger partial charge in [0.15, 0.2) is 11.9 Å². The molecule has 0 unspecified atom stereocenters. The number of hydrazone groups is 1. The number of nitrogens with zero attached hydrogens (tertiary/aromatic N) is 4. The minimum Gasteiger partial charge on any atom is -0.464 e. The molecule has 0 fully saturated rings. The van der Waals surface area contributed by atoms with E-state index in [1.165, 1.54) is 29.3 Å². The Bertz CT molecular complexity index is 1500. The van der Waals surface area contributed by atoms with Crippen LogP contribution in [0.25, 0.3) is 0 Å². The van der Waals surface area contributed by atoms with Crippen LogP contribution in [0.1, 0.15) is 15.9 Å². The first-order valence-corrected chi connectivity index (χ1v) is 11.6. The van der Waals surface area contributed by atoms with E-state index < -0.39 is 17.8 Å². The summed E-state index contributed by atoms with van der Waals surface area (Å²) in [6, 6.07) is 13.7. The molecule has 192 valence electrons. The second-order valence-electron chi connectivity index (χ2n) is 7.77. The number of fused-ring (bicyclic) bond motifs is 1. The fraction of sp³-hybridized carbons (Fsp3) is 0.0800. The number of carboxylic acid groups (broad SMARTS) is 1. The van der Waals surface area contributed by atoms with Crippen molar-refractivity contribution in [1.82, 2.24) is 4.90 Å². The van der Waals surface area contributed by atoms with Crippen LogP contribution in [0.4, 0.5) is 20.6 Å². The molecule has 1 aliphatic rings. The van der Waals surface area contributed by atoms with Crippen molar-refractivity contribution in [2.75, 3.05) is 16.9 Å². The first-order chi connectivity index (χ1) is 18.2. The standard InChI is InChI=1S/C25H16Cl2FN5O5/c26-18-10-15(31-30-12-22(34)33(13-29)25(36)37)11-19(27)23(18)38-16-5-6-17-14(9-16)7-8-32(24(17)35)21-4-2-1-3-20(21)28/h1-6,9-12,31H,7-8H2,(H,36,37). The highest BCUT2D eigenvalue weighted by Gasteiger charge is 2.27. The molecular formula is C25H16Cl2FN5O5. The first kappa shape index (κ1) is 26.4. The normalized spacial score (nSPS) is 12.6. The van der Waals surface area contributed by atoms with E-state index in [2.05, 4.69) is 10.5 Å². The topological polar surface area (TPSA) is 135 Å². The number of nitriles is 1. The third kappa shape index (κ3) is 5.51. The highest BCUT2D eigenvalue weighted by molar-refractivity contribution is 6.37. The van der Waals surface area contributed by atoms with Gasteiger partial charge in [-0.3, -0.25) is 15.0 Å². The molecule has 4 rings (SSSR count). The number of hydrogen-bond donors (Lipinski definition) is 2. The minimum absolute atomic E-state index is 0.0882. The number of nitrogens with one attached hydrogen (secondary N) is 1. The lowest BCUT2D eigenvalue weighted by Gasteiger charge is -2.29. The van der Waals surface area contributed by atoms with Crippen molar-refractivity contribution < 1.29 is 28.6 Å². The number of carbonyl (C=O) groups excluding carboxylic acids is 2. The highest BCUT2D eigenvalue weighted by atomic mass is 35.5. The Morgan fingerprint density at radius 1 is 1.18 bits per heavy atom.